The number of ether oxygens (including phenoxy) is 1. The van der Waals surface area contributed by atoms with Crippen LogP contribution in [0.5, 0.6) is 0 Å². The molecule has 0 aromatic carbocycles. The van der Waals surface area contributed by atoms with Crippen molar-refractivity contribution in [2.75, 3.05) is 6.61 Å². The molecule has 1 saturated carbocycles. The molecule has 1 aromatic heterocycles. The number of aromatic nitrogens is 2. The van der Waals surface area contributed by atoms with Crippen LogP contribution in [0, 0.1) is 5.92 Å². The van der Waals surface area contributed by atoms with Gasteiger partial charge in [-0.1, -0.05) is 0 Å². The Labute approximate surface area is 99.0 Å². The van der Waals surface area contributed by atoms with Crippen LogP contribution in [-0.4, -0.2) is 22.5 Å². The number of halogens is 1. The number of carbonyl (C=O) groups is 1. The van der Waals surface area contributed by atoms with E-state index in [1.807, 2.05) is 0 Å². The molecular formula is C11H13ClN2O2. The molecule has 0 spiro atoms. The maximum Gasteiger partial charge on any atom is 0.357 e. The minimum atomic E-state index is -0.414. The first-order valence-electron chi connectivity index (χ1n) is 5.39. The van der Waals surface area contributed by atoms with Crippen molar-refractivity contribution in [3.8, 4) is 0 Å². The second-order valence-electron chi connectivity index (χ2n) is 3.88. The number of rotatable bonds is 4. The Balaban J connectivity index is 2.23. The highest BCUT2D eigenvalue weighted by Crippen LogP contribution is 2.33. The van der Waals surface area contributed by atoms with Gasteiger partial charge in [-0.25, -0.2) is 14.8 Å². The summed E-state index contributed by atoms with van der Waals surface area (Å²) in [5.41, 5.74) is 1.15. The molecule has 0 N–H and O–H groups in total. The predicted molar refractivity (Wildman–Crippen MR) is 59.4 cm³/mol. The summed E-state index contributed by atoms with van der Waals surface area (Å²) in [6.07, 6.45) is 4.89. The number of hydrogen-bond acceptors (Lipinski definition) is 4. The normalized spacial score (nSPS) is 14.9. The summed E-state index contributed by atoms with van der Waals surface area (Å²) in [6.45, 7) is 2.10. The fourth-order valence-corrected chi connectivity index (χ4v) is 1.68. The zero-order chi connectivity index (χ0) is 11.5. The Morgan fingerprint density at radius 2 is 2.38 bits per heavy atom. The van der Waals surface area contributed by atoms with Crippen molar-refractivity contribution in [1.29, 1.82) is 0 Å². The summed E-state index contributed by atoms with van der Waals surface area (Å²) in [5.74, 6) is 0.250. The van der Waals surface area contributed by atoms with Crippen molar-refractivity contribution < 1.29 is 9.53 Å². The highest BCUT2D eigenvalue weighted by atomic mass is 35.5. The van der Waals surface area contributed by atoms with Gasteiger partial charge in [-0.05, 0) is 43.7 Å². The molecule has 0 amide bonds. The van der Waals surface area contributed by atoms with Gasteiger partial charge in [0.15, 0.2) is 5.69 Å². The molecule has 1 aromatic rings. The third kappa shape index (κ3) is 2.70. The van der Waals surface area contributed by atoms with Crippen LogP contribution in [-0.2, 0) is 11.2 Å². The van der Waals surface area contributed by atoms with Gasteiger partial charge in [0.05, 0.1) is 6.61 Å². The fourth-order valence-electron chi connectivity index (χ4n) is 1.54. The molecular weight excluding hydrogens is 228 g/mol. The fraction of sp³-hybridized carbons (Fsp3) is 0.545. The average molecular weight is 241 g/mol. The van der Waals surface area contributed by atoms with Crippen LogP contribution >= 0.6 is 11.6 Å². The monoisotopic (exact) mass is 240 g/mol. The van der Waals surface area contributed by atoms with Gasteiger partial charge in [-0.2, -0.15) is 0 Å². The lowest BCUT2D eigenvalue weighted by Gasteiger charge is -2.06. The molecule has 5 heteroatoms. The van der Waals surface area contributed by atoms with E-state index in [1.165, 1.54) is 12.8 Å². The van der Waals surface area contributed by atoms with E-state index < -0.39 is 5.97 Å². The van der Waals surface area contributed by atoms with Gasteiger partial charge in [-0.15, -0.1) is 0 Å². The topological polar surface area (TPSA) is 52.1 Å². The average Bonchev–Trinajstić information content (AvgIpc) is 3.05. The van der Waals surface area contributed by atoms with Gasteiger partial charge in [0.2, 0.25) is 5.28 Å². The zero-order valence-electron chi connectivity index (χ0n) is 9.07. The third-order valence-corrected chi connectivity index (χ3v) is 2.69. The molecule has 1 aliphatic rings. The van der Waals surface area contributed by atoms with E-state index in [4.69, 9.17) is 16.3 Å². The van der Waals surface area contributed by atoms with Gasteiger partial charge in [-0.3, -0.25) is 0 Å². The molecule has 1 fully saturated rings. The highest BCUT2D eigenvalue weighted by Gasteiger charge is 2.25. The first-order chi connectivity index (χ1) is 7.70. The van der Waals surface area contributed by atoms with Gasteiger partial charge in [0.1, 0.15) is 0 Å². The summed E-state index contributed by atoms with van der Waals surface area (Å²) in [7, 11) is 0. The molecule has 4 nitrogen and oxygen atoms in total. The summed E-state index contributed by atoms with van der Waals surface area (Å²) in [6, 6.07) is 0. The van der Waals surface area contributed by atoms with Crippen molar-refractivity contribution in [2.24, 2.45) is 5.92 Å². The van der Waals surface area contributed by atoms with E-state index in [9.17, 15) is 4.79 Å². The van der Waals surface area contributed by atoms with Gasteiger partial charge >= 0.3 is 5.97 Å². The van der Waals surface area contributed by atoms with Crippen molar-refractivity contribution in [1.82, 2.24) is 9.97 Å². The Morgan fingerprint density at radius 3 is 3.00 bits per heavy atom. The van der Waals surface area contributed by atoms with E-state index in [1.54, 1.807) is 13.1 Å². The molecule has 0 aliphatic heterocycles. The number of carbonyl (C=O) groups excluding carboxylic acids is 1. The van der Waals surface area contributed by atoms with Gasteiger partial charge < -0.3 is 4.74 Å². The first kappa shape index (κ1) is 11.3. The summed E-state index contributed by atoms with van der Waals surface area (Å²) >= 11 is 5.68. The summed E-state index contributed by atoms with van der Waals surface area (Å²) in [5, 5.41) is 0.0857. The van der Waals surface area contributed by atoms with E-state index in [-0.39, 0.29) is 5.28 Å². The molecule has 0 radical (unpaired) electrons. The lowest BCUT2D eigenvalue weighted by molar-refractivity contribution is 0.0517. The lowest BCUT2D eigenvalue weighted by Crippen LogP contribution is -2.12. The van der Waals surface area contributed by atoms with Crippen LogP contribution in [0.25, 0.3) is 0 Å². The summed E-state index contributed by atoms with van der Waals surface area (Å²) < 4.78 is 4.94. The van der Waals surface area contributed by atoms with Crippen molar-refractivity contribution in [3.05, 3.63) is 22.7 Å². The van der Waals surface area contributed by atoms with E-state index >= 15 is 0 Å². The van der Waals surface area contributed by atoms with Crippen LogP contribution in [0.4, 0.5) is 0 Å². The molecule has 16 heavy (non-hydrogen) atoms. The van der Waals surface area contributed by atoms with Crippen LogP contribution in [0.3, 0.4) is 0 Å². The maximum atomic E-state index is 11.6. The predicted octanol–water partition coefficient (Wildman–Crippen LogP) is 2.26. The molecule has 86 valence electrons. The molecule has 2 rings (SSSR count). The second kappa shape index (κ2) is 4.78. The second-order valence-corrected chi connectivity index (χ2v) is 4.22. The first-order valence-corrected chi connectivity index (χ1v) is 5.77. The Kier molecular flexibility index (Phi) is 3.39. The molecule has 1 heterocycles. The lowest BCUT2D eigenvalue weighted by atomic mass is 10.1. The van der Waals surface area contributed by atoms with Gasteiger partial charge in [0.25, 0.3) is 0 Å². The quantitative estimate of drug-likeness (QED) is 0.598. The minimum absolute atomic E-state index is 0.0857. The van der Waals surface area contributed by atoms with Crippen LogP contribution in [0.2, 0.25) is 5.28 Å². The molecule has 0 atom stereocenters. The standard InChI is InChI=1S/C11H13ClN2O2/c1-2-16-10(15)9-8(5-7-3-4-7)6-13-11(12)14-9/h6-7H,2-5H2,1H3. The Hall–Kier alpha value is -1.16. The minimum Gasteiger partial charge on any atom is -0.461 e. The van der Waals surface area contributed by atoms with E-state index in [0.717, 1.165) is 12.0 Å². The number of esters is 1. The van der Waals surface area contributed by atoms with E-state index in [2.05, 4.69) is 9.97 Å². The third-order valence-electron chi connectivity index (χ3n) is 2.51. The van der Waals surface area contributed by atoms with Gasteiger partial charge in [0, 0.05) is 11.8 Å². The highest BCUT2D eigenvalue weighted by molar-refractivity contribution is 6.28. The Bertz CT molecular complexity index is 405. The van der Waals surface area contributed by atoms with Crippen LogP contribution < -0.4 is 0 Å². The zero-order valence-corrected chi connectivity index (χ0v) is 9.83. The van der Waals surface area contributed by atoms with Crippen LogP contribution in [0.15, 0.2) is 6.20 Å². The SMILES string of the molecule is CCOC(=O)c1nc(Cl)ncc1CC1CC1. The molecule has 0 saturated heterocycles. The Morgan fingerprint density at radius 1 is 1.62 bits per heavy atom. The summed E-state index contributed by atoms with van der Waals surface area (Å²) in [4.78, 5) is 19.5. The molecule has 1 aliphatic carbocycles. The van der Waals surface area contributed by atoms with Crippen molar-refractivity contribution >= 4 is 17.6 Å². The number of hydrogen-bond donors (Lipinski definition) is 0. The number of nitrogens with zero attached hydrogens (tertiary/aromatic N) is 2. The maximum absolute atomic E-state index is 11.6. The van der Waals surface area contributed by atoms with Crippen LogP contribution in [0.1, 0.15) is 35.8 Å². The van der Waals surface area contributed by atoms with Crippen molar-refractivity contribution in [2.45, 2.75) is 26.2 Å². The molecule has 0 unspecified atom stereocenters. The largest absolute Gasteiger partial charge is 0.461 e. The van der Waals surface area contributed by atoms with E-state index in [0.29, 0.717) is 18.2 Å². The smallest absolute Gasteiger partial charge is 0.357 e. The van der Waals surface area contributed by atoms with Crippen molar-refractivity contribution in [3.63, 3.8) is 0 Å². The molecule has 0 bridgehead atoms.